The number of allylic oxidation sites excluding steroid dienone is 1. The van der Waals surface area contributed by atoms with Gasteiger partial charge in [-0.1, -0.05) is 0 Å². The Bertz CT molecular complexity index is 111. The first-order valence-electron chi connectivity index (χ1n) is 2.38. The minimum absolute atomic E-state index is 0.258. The van der Waals surface area contributed by atoms with Gasteiger partial charge >= 0.3 is 0 Å². The summed E-state index contributed by atoms with van der Waals surface area (Å²) in [5.74, 6) is 0. The van der Waals surface area contributed by atoms with Crippen molar-refractivity contribution >= 4 is 5.71 Å². The summed E-state index contributed by atoms with van der Waals surface area (Å²) in [6.45, 7) is 1.98. The Balaban J connectivity index is 3.70. The van der Waals surface area contributed by atoms with Crippen molar-refractivity contribution in [3.63, 3.8) is 0 Å². The lowest BCUT2D eigenvalue weighted by molar-refractivity contribution is 1.25. The Morgan fingerprint density at radius 2 is 2.25 bits per heavy atom. The van der Waals surface area contributed by atoms with E-state index in [-0.39, 0.29) is 6.54 Å². The second-order valence-corrected chi connectivity index (χ2v) is 1.62. The van der Waals surface area contributed by atoms with Gasteiger partial charge in [0.25, 0.3) is 0 Å². The van der Waals surface area contributed by atoms with Gasteiger partial charge in [-0.25, -0.2) is 0 Å². The zero-order chi connectivity index (χ0) is 6.57. The molecule has 3 heteroatoms. The van der Waals surface area contributed by atoms with Crippen LogP contribution in [0.4, 0.5) is 0 Å². The van der Waals surface area contributed by atoms with E-state index in [0.717, 1.165) is 0 Å². The summed E-state index contributed by atoms with van der Waals surface area (Å²) in [7, 11) is 0. The molecule has 0 aromatic rings. The Morgan fingerprint density at radius 3 is 2.38 bits per heavy atom. The molecule has 0 rings (SSSR count). The second kappa shape index (κ2) is 3.21. The van der Waals surface area contributed by atoms with Crippen LogP contribution in [0.2, 0.25) is 0 Å². The Morgan fingerprint density at radius 1 is 1.75 bits per heavy atom. The van der Waals surface area contributed by atoms with E-state index in [1.807, 2.05) is 0 Å². The first kappa shape index (κ1) is 7.17. The van der Waals surface area contributed by atoms with E-state index in [9.17, 15) is 0 Å². The number of nitrogens with two attached hydrogens (primary N) is 2. The van der Waals surface area contributed by atoms with E-state index < -0.39 is 0 Å². The minimum Gasteiger partial charge on any atom is -0.402 e. The molecule has 0 saturated heterocycles. The second-order valence-electron chi connectivity index (χ2n) is 1.62. The van der Waals surface area contributed by atoms with E-state index in [1.54, 1.807) is 13.0 Å². The lowest BCUT2D eigenvalue weighted by Crippen LogP contribution is -2.11. The smallest absolute Gasteiger partial charge is 0.0466 e. The van der Waals surface area contributed by atoms with Gasteiger partial charge in [0.15, 0.2) is 0 Å². The fourth-order valence-corrected chi connectivity index (χ4v) is 0.334. The number of hydrogen-bond acceptors (Lipinski definition) is 3. The van der Waals surface area contributed by atoms with E-state index in [0.29, 0.717) is 11.4 Å². The summed E-state index contributed by atoms with van der Waals surface area (Å²) in [4.78, 5) is 0. The maximum Gasteiger partial charge on any atom is 0.0466 e. The molecule has 0 unspecified atom stereocenters. The molecule has 0 saturated carbocycles. The largest absolute Gasteiger partial charge is 0.402 e. The number of nitrogens with one attached hydrogen (secondary N) is 1. The van der Waals surface area contributed by atoms with Crippen LogP contribution >= 0.6 is 0 Å². The number of rotatable bonds is 2. The van der Waals surface area contributed by atoms with Crippen molar-refractivity contribution in [3.8, 4) is 0 Å². The molecule has 8 heavy (non-hydrogen) atoms. The summed E-state index contributed by atoms with van der Waals surface area (Å²) in [6, 6.07) is 0. The third-order valence-electron chi connectivity index (χ3n) is 0.622. The highest BCUT2D eigenvalue weighted by atomic mass is 14.6. The van der Waals surface area contributed by atoms with Crippen LogP contribution < -0.4 is 11.5 Å². The molecule has 0 aromatic heterocycles. The third kappa shape index (κ3) is 3.36. The fourth-order valence-electron chi connectivity index (χ4n) is 0.334. The zero-order valence-electron chi connectivity index (χ0n) is 4.94. The highest BCUT2D eigenvalue weighted by Crippen LogP contribution is 1.79. The van der Waals surface area contributed by atoms with E-state index in [1.165, 1.54) is 0 Å². The van der Waals surface area contributed by atoms with Gasteiger partial charge in [-0.3, -0.25) is 0 Å². The van der Waals surface area contributed by atoms with Gasteiger partial charge in [0.1, 0.15) is 0 Å². The lowest BCUT2D eigenvalue weighted by Gasteiger charge is -1.90. The monoisotopic (exact) mass is 113 g/mol. The van der Waals surface area contributed by atoms with Crippen LogP contribution in [0.3, 0.4) is 0 Å². The average Bonchev–Trinajstić information content (AvgIpc) is 1.65. The molecule has 0 aromatic carbocycles. The molecule has 0 aliphatic rings. The van der Waals surface area contributed by atoms with Gasteiger partial charge in [0, 0.05) is 18.0 Å². The van der Waals surface area contributed by atoms with Crippen LogP contribution in [-0.2, 0) is 0 Å². The SMILES string of the molecule is CC(N)=CC(=N)CN. The molecule has 0 fully saturated rings. The van der Waals surface area contributed by atoms with Crippen LogP contribution in [0, 0.1) is 5.41 Å². The van der Waals surface area contributed by atoms with E-state index >= 15 is 0 Å². The highest BCUT2D eigenvalue weighted by Gasteiger charge is 1.83. The first-order chi connectivity index (χ1) is 3.66. The van der Waals surface area contributed by atoms with Gasteiger partial charge in [-0.2, -0.15) is 0 Å². The van der Waals surface area contributed by atoms with E-state index in [4.69, 9.17) is 16.9 Å². The van der Waals surface area contributed by atoms with Crippen LogP contribution in [0.15, 0.2) is 11.8 Å². The molecule has 0 atom stereocenters. The standard InChI is InChI=1S/C5H11N3/c1-4(7)2-5(8)3-6/h2,8H,3,6-7H2,1H3. The van der Waals surface area contributed by atoms with Gasteiger partial charge < -0.3 is 16.9 Å². The first-order valence-corrected chi connectivity index (χ1v) is 2.38. The van der Waals surface area contributed by atoms with Crippen molar-refractivity contribution in [1.29, 1.82) is 5.41 Å². The molecule has 0 aliphatic heterocycles. The van der Waals surface area contributed by atoms with Crippen LogP contribution in [0.5, 0.6) is 0 Å². The van der Waals surface area contributed by atoms with Crippen molar-refractivity contribution in [2.75, 3.05) is 6.54 Å². The molecule has 0 amide bonds. The molecule has 5 N–H and O–H groups in total. The molecule has 46 valence electrons. The molecular weight excluding hydrogens is 102 g/mol. The maximum absolute atomic E-state index is 6.99. The average molecular weight is 113 g/mol. The summed E-state index contributed by atoms with van der Waals surface area (Å²) < 4.78 is 0. The molecule has 0 spiro atoms. The van der Waals surface area contributed by atoms with Crippen molar-refractivity contribution in [2.24, 2.45) is 11.5 Å². The third-order valence-corrected chi connectivity index (χ3v) is 0.622. The normalized spacial score (nSPS) is 11.5. The van der Waals surface area contributed by atoms with Crippen molar-refractivity contribution in [2.45, 2.75) is 6.92 Å². The molecular formula is C5H11N3. The van der Waals surface area contributed by atoms with Gasteiger partial charge in [-0.05, 0) is 13.0 Å². The van der Waals surface area contributed by atoms with E-state index in [2.05, 4.69) is 0 Å². The summed E-state index contributed by atoms with van der Waals surface area (Å²) in [5.41, 5.74) is 11.3. The Kier molecular flexibility index (Phi) is 2.88. The summed E-state index contributed by atoms with van der Waals surface area (Å²) in [5, 5.41) is 6.99. The zero-order valence-corrected chi connectivity index (χ0v) is 4.94. The molecule has 0 aliphatic carbocycles. The van der Waals surface area contributed by atoms with Crippen molar-refractivity contribution in [1.82, 2.24) is 0 Å². The predicted molar refractivity (Wildman–Crippen MR) is 34.7 cm³/mol. The summed E-state index contributed by atoms with van der Waals surface area (Å²) in [6.07, 6.45) is 1.54. The van der Waals surface area contributed by atoms with Crippen LogP contribution in [-0.4, -0.2) is 12.3 Å². The maximum atomic E-state index is 6.99. The topological polar surface area (TPSA) is 75.9 Å². The Labute approximate surface area is 48.9 Å². The lowest BCUT2D eigenvalue weighted by atomic mass is 10.3. The van der Waals surface area contributed by atoms with Gasteiger partial charge in [-0.15, -0.1) is 0 Å². The summed E-state index contributed by atoms with van der Waals surface area (Å²) >= 11 is 0. The Hall–Kier alpha value is -0.830. The highest BCUT2D eigenvalue weighted by molar-refractivity contribution is 5.94. The fraction of sp³-hybridized carbons (Fsp3) is 0.400. The van der Waals surface area contributed by atoms with Crippen molar-refractivity contribution < 1.29 is 0 Å². The molecule has 0 bridgehead atoms. The minimum atomic E-state index is 0.258. The number of hydrogen-bond donors (Lipinski definition) is 3. The van der Waals surface area contributed by atoms with Crippen LogP contribution in [0.25, 0.3) is 0 Å². The molecule has 0 heterocycles. The quantitative estimate of drug-likeness (QED) is 0.435. The molecule has 0 radical (unpaired) electrons. The van der Waals surface area contributed by atoms with Crippen LogP contribution in [0.1, 0.15) is 6.92 Å². The van der Waals surface area contributed by atoms with Gasteiger partial charge in [0.2, 0.25) is 0 Å². The van der Waals surface area contributed by atoms with Crippen molar-refractivity contribution in [3.05, 3.63) is 11.8 Å². The predicted octanol–water partition coefficient (Wildman–Crippen LogP) is -0.173. The molecule has 3 nitrogen and oxygen atoms in total. The van der Waals surface area contributed by atoms with Gasteiger partial charge in [0.05, 0.1) is 0 Å².